The number of nitrogens with zero attached hydrogens (tertiary/aromatic N) is 3. The van der Waals surface area contributed by atoms with Crippen molar-refractivity contribution >= 4 is 23.3 Å². The molecule has 1 amide bonds. The number of imidazole rings is 1. The summed E-state index contributed by atoms with van der Waals surface area (Å²) in [6.45, 7) is 0. The highest BCUT2D eigenvalue weighted by molar-refractivity contribution is 7.07. The zero-order chi connectivity index (χ0) is 16.9. The van der Waals surface area contributed by atoms with E-state index in [1.165, 1.54) is 29.5 Å². The van der Waals surface area contributed by atoms with Crippen LogP contribution in [0.1, 0.15) is 23.1 Å². The van der Waals surface area contributed by atoms with E-state index in [0.717, 1.165) is 11.3 Å². The average Bonchev–Trinajstić information content (AvgIpc) is 3.23. The first-order valence-corrected chi connectivity index (χ1v) is 8.17. The summed E-state index contributed by atoms with van der Waals surface area (Å²) in [7, 11) is 1.84. The molecule has 0 radical (unpaired) electrons. The molecule has 122 valence electrons. The molecular weight excluding hydrogens is 327 g/mol. The van der Waals surface area contributed by atoms with E-state index in [-0.39, 0.29) is 11.7 Å². The van der Waals surface area contributed by atoms with Crippen LogP contribution in [0.15, 0.2) is 53.6 Å². The van der Waals surface area contributed by atoms with E-state index in [9.17, 15) is 9.18 Å². The standard InChI is InChI=1S/C17H15FN4OS/c1-22-9-8-19-17(22)16(12-2-4-13(18)5-3-12)21-15(23)7-6-14-10-24-11-20-14/h2-11,16H,1H3,(H,21,23)/b7-6+/t16-/m0/s1. The minimum absolute atomic E-state index is 0.277. The summed E-state index contributed by atoms with van der Waals surface area (Å²) in [6, 6.07) is 5.53. The summed E-state index contributed by atoms with van der Waals surface area (Å²) < 4.78 is 15.0. The highest BCUT2D eigenvalue weighted by Crippen LogP contribution is 2.20. The SMILES string of the molecule is Cn1ccnc1[C@@H](NC(=O)/C=C/c1cscn1)c1ccc(F)cc1. The fourth-order valence-corrected chi connectivity index (χ4v) is 2.79. The Morgan fingerprint density at radius 3 is 2.75 bits per heavy atom. The minimum atomic E-state index is -0.474. The number of hydrogen-bond acceptors (Lipinski definition) is 4. The van der Waals surface area contributed by atoms with Gasteiger partial charge in [-0.1, -0.05) is 12.1 Å². The molecule has 0 saturated heterocycles. The molecule has 1 N–H and O–H groups in total. The summed E-state index contributed by atoms with van der Waals surface area (Å²) in [5, 5.41) is 4.75. The summed E-state index contributed by atoms with van der Waals surface area (Å²) in [6.07, 6.45) is 6.52. The van der Waals surface area contributed by atoms with Crippen LogP contribution in [-0.2, 0) is 11.8 Å². The Balaban J connectivity index is 1.84. The van der Waals surface area contributed by atoms with Crippen molar-refractivity contribution in [3.8, 4) is 0 Å². The Bertz CT molecular complexity index is 840. The molecule has 0 aliphatic carbocycles. The van der Waals surface area contributed by atoms with E-state index in [1.807, 2.05) is 17.0 Å². The first-order valence-electron chi connectivity index (χ1n) is 7.23. The Morgan fingerprint density at radius 2 is 2.12 bits per heavy atom. The van der Waals surface area contributed by atoms with Crippen molar-refractivity contribution in [2.75, 3.05) is 0 Å². The third kappa shape index (κ3) is 3.75. The summed E-state index contributed by atoms with van der Waals surface area (Å²) >= 11 is 1.46. The van der Waals surface area contributed by atoms with Crippen LogP contribution in [0.2, 0.25) is 0 Å². The number of aromatic nitrogens is 3. The zero-order valence-corrected chi connectivity index (χ0v) is 13.7. The van der Waals surface area contributed by atoms with Gasteiger partial charge in [-0.3, -0.25) is 4.79 Å². The lowest BCUT2D eigenvalue weighted by Crippen LogP contribution is -2.29. The van der Waals surface area contributed by atoms with Crippen LogP contribution < -0.4 is 5.32 Å². The van der Waals surface area contributed by atoms with Crippen LogP contribution >= 0.6 is 11.3 Å². The van der Waals surface area contributed by atoms with Gasteiger partial charge in [0.1, 0.15) is 17.7 Å². The van der Waals surface area contributed by atoms with E-state index in [1.54, 1.807) is 36.1 Å². The largest absolute Gasteiger partial charge is 0.339 e. The fraction of sp³-hybridized carbons (Fsp3) is 0.118. The van der Waals surface area contributed by atoms with Crippen LogP contribution in [0.25, 0.3) is 6.08 Å². The number of amides is 1. The predicted octanol–water partition coefficient (Wildman–Crippen LogP) is 2.93. The van der Waals surface area contributed by atoms with Gasteiger partial charge in [0.2, 0.25) is 5.91 Å². The second kappa shape index (κ2) is 7.18. The number of nitrogens with one attached hydrogen (secondary N) is 1. The predicted molar refractivity (Wildman–Crippen MR) is 90.7 cm³/mol. The lowest BCUT2D eigenvalue weighted by molar-refractivity contribution is -0.117. The zero-order valence-electron chi connectivity index (χ0n) is 12.9. The topological polar surface area (TPSA) is 59.8 Å². The monoisotopic (exact) mass is 342 g/mol. The molecule has 2 heterocycles. The van der Waals surface area contributed by atoms with Gasteiger partial charge in [0.15, 0.2) is 0 Å². The molecule has 0 aliphatic heterocycles. The van der Waals surface area contributed by atoms with Gasteiger partial charge in [-0.25, -0.2) is 14.4 Å². The molecule has 3 rings (SSSR count). The Morgan fingerprint density at radius 1 is 1.33 bits per heavy atom. The lowest BCUT2D eigenvalue weighted by atomic mass is 10.1. The molecule has 0 saturated carbocycles. The van der Waals surface area contributed by atoms with Crippen LogP contribution in [0.4, 0.5) is 4.39 Å². The molecule has 5 nitrogen and oxygen atoms in total. The van der Waals surface area contributed by atoms with E-state index in [0.29, 0.717) is 5.82 Å². The highest BCUT2D eigenvalue weighted by Gasteiger charge is 2.19. The van der Waals surface area contributed by atoms with Crippen molar-refractivity contribution in [1.29, 1.82) is 0 Å². The van der Waals surface area contributed by atoms with E-state index in [2.05, 4.69) is 15.3 Å². The molecule has 3 aromatic rings. The lowest BCUT2D eigenvalue weighted by Gasteiger charge is -2.18. The third-order valence-electron chi connectivity index (χ3n) is 3.46. The fourth-order valence-electron chi connectivity index (χ4n) is 2.26. The summed E-state index contributed by atoms with van der Waals surface area (Å²) in [5.41, 5.74) is 3.18. The molecule has 1 atom stereocenters. The van der Waals surface area contributed by atoms with E-state index in [4.69, 9.17) is 0 Å². The van der Waals surface area contributed by atoms with Crippen molar-refractivity contribution in [2.45, 2.75) is 6.04 Å². The average molecular weight is 342 g/mol. The number of halogens is 1. The van der Waals surface area contributed by atoms with Gasteiger partial charge >= 0.3 is 0 Å². The van der Waals surface area contributed by atoms with Crippen LogP contribution in [0.3, 0.4) is 0 Å². The van der Waals surface area contributed by atoms with Gasteiger partial charge in [-0.05, 0) is 23.8 Å². The number of benzene rings is 1. The number of thiazole rings is 1. The second-order valence-electron chi connectivity index (χ2n) is 5.14. The van der Waals surface area contributed by atoms with Crippen LogP contribution in [0, 0.1) is 5.82 Å². The van der Waals surface area contributed by atoms with Crippen molar-refractivity contribution in [2.24, 2.45) is 7.05 Å². The molecule has 0 unspecified atom stereocenters. The maximum Gasteiger partial charge on any atom is 0.244 e. The Hall–Kier alpha value is -2.80. The molecule has 24 heavy (non-hydrogen) atoms. The number of rotatable bonds is 5. The molecule has 7 heteroatoms. The maximum absolute atomic E-state index is 13.2. The smallest absolute Gasteiger partial charge is 0.244 e. The number of aryl methyl sites for hydroxylation is 1. The molecule has 0 fully saturated rings. The van der Waals surface area contributed by atoms with Gasteiger partial charge in [0.05, 0.1) is 11.2 Å². The highest BCUT2D eigenvalue weighted by atomic mass is 32.1. The van der Waals surface area contributed by atoms with Crippen molar-refractivity contribution in [1.82, 2.24) is 19.9 Å². The summed E-state index contributed by atoms with van der Waals surface area (Å²) in [5.74, 6) is 0.0597. The van der Waals surface area contributed by atoms with Gasteiger partial charge in [-0.2, -0.15) is 0 Å². The van der Waals surface area contributed by atoms with Crippen LogP contribution in [-0.4, -0.2) is 20.4 Å². The van der Waals surface area contributed by atoms with Gasteiger partial charge in [0, 0.05) is 30.9 Å². The maximum atomic E-state index is 13.2. The summed E-state index contributed by atoms with van der Waals surface area (Å²) in [4.78, 5) is 20.7. The molecular formula is C17H15FN4OS. The van der Waals surface area contributed by atoms with Crippen molar-refractivity contribution in [3.63, 3.8) is 0 Å². The molecule has 0 spiro atoms. The molecule has 1 aromatic carbocycles. The second-order valence-corrected chi connectivity index (χ2v) is 5.85. The van der Waals surface area contributed by atoms with Crippen molar-refractivity contribution < 1.29 is 9.18 Å². The Kier molecular flexibility index (Phi) is 4.81. The number of hydrogen-bond donors (Lipinski definition) is 1. The van der Waals surface area contributed by atoms with Gasteiger partial charge in [-0.15, -0.1) is 11.3 Å². The number of carbonyl (C=O) groups is 1. The minimum Gasteiger partial charge on any atom is -0.339 e. The normalized spacial score (nSPS) is 12.4. The third-order valence-corrected chi connectivity index (χ3v) is 4.07. The van der Waals surface area contributed by atoms with Gasteiger partial charge in [0.25, 0.3) is 0 Å². The molecule has 0 aliphatic rings. The van der Waals surface area contributed by atoms with E-state index >= 15 is 0 Å². The molecule has 0 bridgehead atoms. The quantitative estimate of drug-likeness (QED) is 0.725. The van der Waals surface area contributed by atoms with Gasteiger partial charge < -0.3 is 9.88 Å². The van der Waals surface area contributed by atoms with Crippen molar-refractivity contribution in [3.05, 3.63) is 76.5 Å². The first-order chi connectivity index (χ1) is 11.6. The first kappa shape index (κ1) is 16.1. The van der Waals surface area contributed by atoms with Crippen LogP contribution in [0.5, 0.6) is 0 Å². The van der Waals surface area contributed by atoms with E-state index < -0.39 is 6.04 Å². The Labute approximate surface area is 142 Å². The molecule has 2 aromatic heterocycles. The number of carbonyl (C=O) groups excluding carboxylic acids is 1.